The summed E-state index contributed by atoms with van der Waals surface area (Å²) < 4.78 is 14.1. The number of amides is 1. The number of benzene rings is 2. The lowest BCUT2D eigenvalue weighted by Gasteiger charge is -2.48. The maximum Gasteiger partial charge on any atom is 0.227 e. The molecule has 4 rings (SSSR count). The van der Waals surface area contributed by atoms with Crippen LogP contribution in [0, 0.1) is 5.82 Å². The number of likely N-dealkylation sites (tertiary alicyclic amines) is 1. The molecule has 0 aromatic heterocycles. The molecule has 1 atom stereocenters. The number of carbonyl (C=O) groups excluding carboxylic acids is 1. The first kappa shape index (κ1) is 20.4. The van der Waals surface area contributed by atoms with Crippen LogP contribution in [0.5, 0.6) is 0 Å². The summed E-state index contributed by atoms with van der Waals surface area (Å²) >= 11 is 0. The molecule has 2 heterocycles. The van der Waals surface area contributed by atoms with E-state index < -0.39 is 5.54 Å². The van der Waals surface area contributed by atoms with Crippen LogP contribution in [0.2, 0.25) is 0 Å². The van der Waals surface area contributed by atoms with E-state index in [-0.39, 0.29) is 23.7 Å². The lowest BCUT2D eigenvalue weighted by molar-refractivity contribution is -0.131. The molecule has 2 aromatic rings. The first-order valence-electron chi connectivity index (χ1n) is 10.5. The smallest absolute Gasteiger partial charge is 0.227 e. The van der Waals surface area contributed by atoms with Crippen LogP contribution in [-0.4, -0.2) is 40.8 Å². The van der Waals surface area contributed by atoms with Crippen LogP contribution in [0.25, 0.3) is 0 Å². The number of hydrogen-bond acceptors (Lipinski definition) is 3. The van der Waals surface area contributed by atoms with Gasteiger partial charge in [0.25, 0.3) is 0 Å². The number of fused-ring (bicyclic) bond motifs is 1. The van der Waals surface area contributed by atoms with E-state index >= 15 is 0 Å². The average molecular weight is 409 g/mol. The summed E-state index contributed by atoms with van der Waals surface area (Å²) in [6.45, 7) is 7.37. The van der Waals surface area contributed by atoms with Gasteiger partial charge in [0.2, 0.25) is 5.91 Å². The quantitative estimate of drug-likeness (QED) is 0.771. The highest BCUT2D eigenvalue weighted by Crippen LogP contribution is 2.37. The van der Waals surface area contributed by atoms with Gasteiger partial charge in [0, 0.05) is 6.54 Å². The van der Waals surface area contributed by atoms with E-state index in [2.05, 4.69) is 31.4 Å². The third kappa shape index (κ3) is 4.18. The first-order valence-corrected chi connectivity index (χ1v) is 10.5. The number of rotatable bonds is 2. The molecule has 2 aromatic carbocycles. The molecule has 0 radical (unpaired) electrons. The van der Waals surface area contributed by atoms with Crippen molar-refractivity contribution in [2.45, 2.75) is 51.1 Å². The highest BCUT2D eigenvalue weighted by molar-refractivity contribution is 6.10. The normalized spacial score (nSPS) is 22.4. The third-order valence-electron chi connectivity index (χ3n) is 5.60. The van der Waals surface area contributed by atoms with Crippen molar-refractivity contribution < 1.29 is 9.18 Å². The lowest BCUT2D eigenvalue weighted by Crippen LogP contribution is -2.63. The summed E-state index contributed by atoms with van der Waals surface area (Å²) in [7, 11) is 0. The zero-order valence-corrected chi connectivity index (χ0v) is 17.8. The van der Waals surface area contributed by atoms with Crippen LogP contribution >= 0.6 is 0 Å². The number of hydrogen-bond donors (Lipinski definition) is 2. The molecule has 2 aliphatic heterocycles. The summed E-state index contributed by atoms with van der Waals surface area (Å²) in [4.78, 5) is 19.9. The number of para-hydroxylation sites is 2. The predicted molar refractivity (Wildman–Crippen MR) is 120 cm³/mol. The fourth-order valence-corrected chi connectivity index (χ4v) is 4.22. The number of nitrogens with one attached hydrogen (secondary N) is 2. The number of amidine groups is 1. The van der Waals surface area contributed by atoms with Crippen molar-refractivity contribution in [3.8, 4) is 0 Å². The second kappa shape index (κ2) is 7.74. The number of carbonyl (C=O) groups is 1. The Bertz CT molecular complexity index is 981. The Morgan fingerprint density at radius 3 is 2.57 bits per heavy atom. The molecule has 0 unspecified atom stereocenters. The van der Waals surface area contributed by atoms with Crippen LogP contribution < -0.4 is 10.6 Å². The van der Waals surface area contributed by atoms with Gasteiger partial charge in [0.1, 0.15) is 17.2 Å². The standard InChI is InChI=1S/C24H29FN4O/c1-23(2,3)28-22-24(27-20-12-7-6-11-19(20)26-22)13-8-14-29(16-24)21(30)15-17-9-4-5-10-18(17)25/h4-7,9-12,27H,8,13-16H2,1-3H3,(H,26,28)/t24-/m1/s1. The van der Waals surface area contributed by atoms with Crippen molar-refractivity contribution in [3.63, 3.8) is 0 Å². The van der Waals surface area contributed by atoms with E-state index in [1.807, 2.05) is 29.2 Å². The molecule has 0 bridgehead atoms. The van der Waals surface area contributed by atoms with Crippen LogP contribution in [0.4, 0.5) is 15.8 Å². The summed E-state index contributed by atoms with van der Waals surface area (Å²) in [5.74, 6) is 0.464. The topological polar surface area (TPSA) is 56.7 Å². The third-order valence-corrected chi connectivity index (χ3v) is 5.60. The molecule has 6 heteroatoms. The van der Waals surface area contributed by atoms with Crippen molar-refractivity contribution in [2.75, 3.05) is 23.7 Å². The molecular formula is C24H29FN4O. The van der Waals surface area contributed by atoms with E-state index in [1.54, 1.807) is 18.2 Å². The number of halogens is 1. The van der Waals surface area contributed by atoms with Crippen LogP contribution in [0.3, 0.4) is 0 Å². The molecule has 2 N–H and O–H groups in total. The predicted octanol–water partition coefficient (Wildman–Crippen LogP) is 4.46. The highest BCUT2D eigenvalue weighted by atomic mass is 19.1. The molecule has 0 aliphatic carbocycles. The van der Waals surface area contributed by atoms with Gasteiger partial charge < -0.3 is 15.5 Å². The van der Waals surface area contributed by atoms with E-state index in [0.29, 0.717) is 18.7 Å². The van der Waals surface area contributed by atoms with Gasteiger partial charge in [-0.15, -0.1) is 0 Å². The van der Waals surface area contributed by atoms with Crippen LogP contribution in [0.15, 0.2) is 53.5 Å². The number of nitrogens with zero attached hydrogens (tertiary/aromatic N) is 2. The Morgan fingerprint density at radius 1 is 1.13 bits per heavy atom. The van der Waals surface area contributed by atoms with Crippen molar-refractivity contribution in [2.24, 2.45) is 4.99 Å². The molecule has 30 heavy (non-hydrogen) atoms. The van der Waals surface area contributed by atoms with Gasteiger partial charge >= 0.3 is 0 Å². The fraction of sp³-hybridized carbons (Fsp3) is 0.417. The van der Waals surface area contributed by atoms with Crippen LogP contribution in [-0.2, 0) is 11.2 Å². The highest BCUT2D eigenvalue weighted by Gasteiger charge is 2.45. The van der Waals surface area contributed by atoms with E-state index in [0.717, 1.165) is 30.1 Å². The minimum Gasteiger partial charge on any atom is -0.370 e. The Balaban J connectivity index is 1.63. The van der Waals surface area contributed by atoms with Crippen molar-refractivity contribution in [1.29, 1.82) is 0 Å². The van der Waals surface area contributed by atoms with Gasteiger partial charge in [0.05, 0.1) is 29.9 Å². The summed E-state index contributed by atoms with van der Waals surface area (Å²) in [5.41, 5.74) is 1.69. The number of piperidine rings is 1. The zero-order valence-electron chi connectivity index (χ0n) is 17.8. The van der Waals surface area contributed by atoms with Gasteiger partial charge in [-0.1, -0.05) is 30.3 Å². The lowest BCUT2D eigenvalue weighted by atomic mass is 9.84. The number of aliphatic imine (C=N–C) groups is 1. The maximum absolute atomic E-state index is 14.1. The molecule has 1 saturated heterocycles. The minimum absolute atomic E-state index is 0.0602. The fourth-order valence-electron chi connectivity index (χ4n) is 4.22. The molecule has 158 valence electrons. The zero-order chi connectivity index (χ0) is 21.4. The van der Waals surface area contributed by atoms with Gasteiger partial charge in [-0.05, 0) is 57.4 Å². The Labute approximate surface area is 177 Å². The second-order valence-electron chi connectivity index (χ2n) is 9.20. The number of anilines is 2. The monoisotopic (exact) mass is 408 g/mol. The summed E-state index contributed by atoms with van der Waals surface area (Å²) in [6.07, 6.45) is 1.79. The first-order chi connectivity index (χ1) is 14.3. The molecule has 0 saturated carbocycles. The average Bonchev–Trinajstić information content (AvgIpc) is 2.69. The Morgan fingerprint density at radius 2 is 1.83 bits per heavy atom. The molecule has 5 nitrogen and oxygen atoms in total. The molecule has 1 fully saturated rings. The Kier molecular flexibility index (Phi) is 5.26. The summed E-state index contributed by atoms with van der Waals surface area (Å²) in [6, 6.07) is 14.5. The van der Waals surface area contributed by atoms with Crippen LogP contribution in [0.1, 0.15) is 39.2 Å². The van der Waals surface area contributed by atoms with E-state index in [4.69, 9.17) is 4.99 Å². The second-order valence-corrected chi connectivity index (χ2v) is 9.20. The van der Waals surface area contributed by atoms with Gasteiger partial charge in [-0.2, -0.15) is 0 Å². The SMILES string of the molecule is CC(C)(C)N=C1Nc2ccccc2N[C@@]12CCCN(C(=O)Cc1ccccc1F)C2. The van der Waals surface area contributed by atoms with E-state index in [9.17, 15) is 9.18 Å². The summed E-state index contributed by atoms with van der Waals surface area (Å²) in [5, 5.41) is 7.21. The van der Waals surface area contributed by atoms with Crippen molar-refractivity contribution >= 4 is 23.1 Å². The largest absolute Gasteiger partial charge is 0.370 e. The molecule has 2 aliphatic rings. The minimum atomic E-state index is -0.481. The Hall–Kier alpha value is -2.89. The van der Waals surface area contributed by atoms with Gasteiger partial charge in [-0.25, -0.2) is 4.39 Å². The maximum atomic E-state index is 14.1. The van der Waals surface area contributed by atoms with Crippen molar-refractivity contribution in [3.05, 3.63) is 59.9 Å². The molecular weight excluding hydrogens is 379 g/mol. The van der Waals surface area contributed by atoms with Crippen molar-refractivity contribution in [1.82, 2.24) is 4.90 Å². The van der Waals surface area contributed by atoms with Gasteiger partial charge in [0.15, 0.2) is 0 Å². The van der Waals surface area contributed by atoms with E-state index in [1.165, 1.54) is 6.07 Å². The molecule has 1 amide bonds. The molecule has 1 spiro atoms. The van der Waals surface area contributed by atoms with Gasteiger partial charge in [-0.3, -0.25) is 9.79 Å².